The van der Waals surface area contributed by atoms with E-state index in [0.29, 0.717) is 5.69 Å². The molecule has 0 radical (unpaired) electrons. The molecule has 7 heteroatoms. The Bertz CT molecular complexity index is 702. The fraction of sp³-hybridized carbons (Fsp3) is 0.0714. The van der Waals surface area contributed by atoms with E-state index in [2.05, 4.69) is 5.32 Å². The molecular weight excluding hydrogens is 337 g/mol. The zero-order valence-corrected chi connectivity index (χ0v) is 13.1. The van der Waals surface area contributed by atoms with Crippen molar-refractivity contribution >= 4 is 30.1 Å². The van der Waals surface area contributed by atoms with Crippen LogP contribution < -0.4 is 13.4 Å². The third kappa shape index (κ3) is 3.90. The first kappa shape index (κ1) is 15.2. The van der Waals surface area contributed by atoms with Gasteiger partial charge in [0.1, 0.15) is 0 Å². The van der Waals surface area contributed by atoms with Crippen LogP contribution in [0.3, 0.4) is 0 Å². The van der Waals surface area contributed by atoms with Crippen LogP contribution in [0.5, 0.6) is 11.5 Å². The second kappa shape index (κ2) is 6.08. The molecular formula is C14H14AsNO5. The van der Waals surface area contributed by atoms with Crippen molar-refractivity contribution in [1.29, 1.82) is 0 Å². The molecule has 0 saturated heterocycles. The van der Waals surface area contributed by atoms with E-state index < -0.39 is 19.9 Å². The SMILES string of the molecule is CC(=O)Nc1ccc([As](=O)(O)Oc2ccccc2)c(O)c1. The van der Waals surface area contributed by atoms with E-state index in [1.165, 1.54) is 25.1 Å². The quantitative estimate of drug-likeness (QED) is 0.715. The number of phenolic OH excluding ortho intramolecular Hbond substituents is 1. The van der Waals surface area contributed by atoms with Crippen LogP contribution in [0.1, 0.15) is 6.92 Å². The molecule has 0 fully saturated rings. The summed E-state index contributed by atoms with van der Waals surface area (Å²) < 4.78 is 27.3. The number of rotatable bonds is 4. The molecule has 1 unspecified atom stereocenters. The summed E-state index contributed by atoms with van der Waals surface area (Å²) in [6, 6.07) is 12.1. The number of anilines is 1. The Morgan fingerprint density at radius 2 is 1.86 bits per heavy atom. The number of hydrogen-bond acceptors (Lipinski definition) is 4. The maximum absolute atomic E-state index is 12.3. The number of carbonyl (C=O) groups excluding carboxylic acids is 1. The van der Waals surface area contributed by atoms with Gasteiger partial charge in [-0.15, -0.1) is 0 Å². The predicted molar refractivity (Wildman–Crippen MR) is 77.8 cm³/mol. The topological polar surface area (TPSA) is 95.9 Å². The van der Waals surface area contributed by atoms with Crippen molar-refractivity contribution in [1.82, 2.24) is 0 Å². The van der Waals surface area contributed by atoms with Crippen LogP contribution in [-0.4, -0.2) is 29.3 Å². The first-order valence-electron chi connectivity index (χ1n) is 6.07. The van der Waals surface area contributed by atoms with Crippen LogP contribution in [0, 0.1) is 0 Å². The number of phenols is 1. The molecule has 0 aliphatic heterocycles. The van der Waals surface area contributed by atoms with E-state index in [4.69, 9.17) is 3.73 Å². The monoisotopic (exact) mass is 351 g/mol. The average Bonchev–Trinajstić information content (AvgIpc) is 2.38. The molecule has 6 nitrogen and oxygen atoms in total. The number of para-hydroxylation sites is 1. The Balaban J connectivity index is 2.28. The van der Waals surface area contributed by atoms with Gasteiger partial charge in [-0.1, -0.05) is 0 Å². The van der Waals surface area contributed by atoms with Gasteiger partial charge in [0.2, 0.25) is 0 Å². The normalized spacial score (nSPS) is 13.2. The summed E-state index contributed by atoms with van der Waals surface area (Å²) in [6.07, 6.45) is 0. The number of amides is 1. The van der Waals surface area contributed by atoms with E-state index in [9.17, 15) is 17.7 Å². The van der Waals surface area contributed by atoms with Gasteiger partial charge in [0.25, 0.3) is 0 Å². The van der Waals surface area contributed by atoms with Gasteiger partial charge >= 0.3 is 124 Å². The fourth-order valence-electron chi connectivity index (χ4n) is 1.72. The molecule has 21 heavy (non-hydrogen) atoms. The van der Waals surface area contributed by atoms with Crippen LogP contribution in [0.4, 0.5) is 5.69 Å². The summed E-state index contributed by atoms with van der Waals surface area (Å²) >= 11 is -4.92. The van der Waals surface area contributed by atoms with Crippen molar-refractivity contribution in [3.05, 3.63) is 48.5 Å². The van der Waals surface area contributed by atoms with Crippen molar-refractivity contribution in [2.24, 2.45) is 0 Å². The van der Waals surface area contributed by atoms with E-state index in [1.807, 2.05) is 0 Å². The van der Waals surface area contributed by atoms with Gasteiger partial charge < -0.3 is 0 Å². The van der Waals surface area contributed by atoms with Gasteiger partial charge in [-0.2, -0.15) is 0 Å². The van der Waals surface area contributed by atoms with Gasteiger partial charge in [0.05, 0.1) is 0 Å². The molecule has 1 atom stereocenters. The van der Waals surface area contributed by atoms with Crippen molar-refractivity contribution in [3.63, 3.8) is 0 Å². The minimum absolute atomic E-state index is 0.175. The summed E-state index contributed by atoms with van der Waals surface area (Å²) in [5.74, 6) is -0.463. The average molecular weight is 351 g/mol. The van der Waals surface area contributed by atoms with E-state index >= 15 is 0 Å². The van der Waals surface area contributed by atoms with Crippen molar-refractivity contribution in [3.8, 4) is 11.5 Å². The molecule has 0 bridgehead atoms. The Labute approximate surface area is 124 Å². The Morgan fingerprint density at radius 3 is 2.43 bits per heavy atom. The van der Waals surface area contributed by atoms with Gasteiger partial charge in [-0.3, -0.25) is 0 Å². The van der Waals surface area contributed by atoms with E-state index in [0.717, 1.165) is 0 Å². The molecule has 3 N–H and O–H groups in total. The van der Waals surface area contributed by atoms with Crippen molar-refractivity contribution < 1.29 is 21.5 Å². The summed E-state index contributed by atoms with van der Waals surface area (Å²) in [4.78, 5) is 10.9. The second-order valence-corrected chi connectivity index (χ2v) is 7.89. The third-order valence-corrected chi connectivity index (χ3v) is 5.60. The van der Waals surface area contributed by atoms with Crippen molar-refractivity contribution in [2.75, 3.05) is 5.32 Å². The van der Waals surface area contributed by atoms with Gasteiger partial charge in [-0.25, -0.2) is 0 Å². The number of nitrogens with one attached hydrogen (secondary N) is 1. The van der Waals surface area contributed by atoms with Crippen LogP contribution in [0.25, 0.3) is 0 Å². The van der Waals surface area contributed by atoms with Crippen LogP contribution in [0.15, 0.2) is 48.5 Å². The summed E-state index contributed by atoms with van der Waals surface area (Å²) in [5.41, 5.74) is 0.332. The third-order valence-electron chi connectivity index (χ3n) is 2.57. The van der Waals surface area contributed by atoms with Crippen molar-refractivity contribution in [2.45, 2.75) is 6.92 Å². The second-order valence-electron chi connectivity index (χ2n) is 4.31. The number of benzene rings is 2. The number of hydrogen-bond donors (Lipinski definition) is 3. The summed E-state index contributed by atoms with van der Waals surface area (Å²) in [7, 11) is 0. The molecule has 0 aliphatic rings. The van der Waals surface area contributed by atoms with Crippen LogP contribution in [-0.2, 0) is 8.53 Å². The summed E-state index contributed by atoms with van der Waals surface area (Å²) in [5, 5.41) is 12.3. The Morgan fingerprint density at radius 1 is 1.19 bits per heavy atom. The molecule has 0 heterocycles. The van der Waals surface area contributed by atoms with Gasteiger partial charge in [0.15, 0.2) is 0 Å². The standard InChI is InChI=1S/C14H14AsNO5/c1-10(17)16-11-7-8-13(14(18)9-11)15(19,20)21-12-5-3-2-4-6-12/h2-9,18H,1H3,(H,16,17)(H,19,20). The first-order valence-corrected chi connectivity index (χ1v) is 9.38. The molecule has 110 valence electrons. The Kier molecular flexibility index (Phi) is 4.40. The maximum atomic E-state index is 12.3. The number of aromatic hydroxyl groups is 1. The molecule has 0 aliphatic carbocycles. The molecule has 0 saturated carbocycles. The summed E-state index contributed by atoms with van der Waals surface area (Å²) in [6.45, 7) is 1.32. The molecule has 1 amide bonds. The first-order chi connectivity index (χ1) is 9.88. The fourth-order valence-corrected chi connectivity index (χ4v) is 4.07. The predicted octanol–water partition coefficient (Wildman–Crippen LogP) is 0.998. The van der Waals surface area contributed by atoms with E-state index in [-0.39, 0.29) is 16.0 Å². The van der Waals surface area contributed by atoms with E-state index in [1.54, 1.807) is 30.3 Å². The van der Waals surface area contributed by atoms with Crippen LogP contribution in [0.2, 0.25) is 0 Å². The van der Waals surface area contributed by atoms with Crippen LogP contribution >= 0.6 is 0 Å². The van der Waals surface area contributed by atoms with Gasteiger partial charge in [0, 0.05) is 0 Å². The molecule has 2 rings (SSSR count). The molecule has 2 aromatic carbocycles. The van der Waals surface area contributed by atoms with Gasteiger partial charge in [-0.05, 0) is 0 Å². The Hall–Kier alpha value is -2.17. The zero-order chi connectivity index (χ0) is 15.5. The molecule has 0 aromatic heterocycles. The molecule has 0 spiro atoms. The zero-order valence-electron chi connectivity index (χ0n) is 11.2. The number of carbonyl (C=O) groups is 1. The molecule has 2 aromatic rings. The minimum atomic E-state index is -4.92.